The second kappa shape index (κ2) is 15.6. The van der Waals surface area contributed by atoms with Crippen molar-refractivity contribution in [2.75, 3.05) is 67.1 Å². The van der Waals surface area contributed by atoms with Crippen LogP contribution in [0.3, 0.4) is 0 Å². The van der Waals surface area contributed by atoms with Crippen LogP contribution in [0.2, 0.25) is 0 Å². The molecule has 1 atom stereocenters. The number of halogens is 6. The molecule has 0 aliphatic heterocycles. The molecule has 0 aromatic heterocycles. The largest absolute Gasteiger partial charge is 0.748 e. The van der Waals surface area contributed by atoms with Crippen molar-refractivity contribution in [2.45, 2.75) is 18.7 Å². The molecule has 0 heterocycles. The maximum atomic E-state index is 11.8. The van der Waals surface area contributed by atoms with Crippen molar-refractivity contribution in [2.24, 2.45) is 0 Å². The molecule has 0 saturated heterocycles. The van der Waals surface area contributed by atoms with E-state index in [0.29, 0.717) is 13.0 Å². The summed E-state index contributed by atoms with van der Waals surface area (Å²) < 4.78 is 96.1. The fourth-order valence-corrected chi connectivity index (χ4v) is 2.22. The lowest BCUT2D eigenvalue weighted by atomic mass is 10.3. The monoisotopic (exact) mass is 465 g/mol. The van der Waals surface area contributed by atoms with E-state index in [1.165, 1.54) is 4.90 Å². The summed E-state index contributed by atoms with van der Waals surface area (Å²) in [5.41, 5.74) is 0. The molecule has 0 fully saturated rings. The van der Waals surface area contributed by atoms with E-state index in [9.17, 15) is 49.2 Å². The number of amides is 1. The number of carbonyl (C=O) groups excluding carboxylic acids is 1. The van der Waals surface area contributed by atoms with Crippen LogP contribution in [0.5, 0.6) is 0 Å². The Bertz CT molecular complexity index is 532. The maximum Gasteiger partial charge on any atom is 0.416 e. The molecule has 0 aromatic carbocycles. The normalized spacial score (nSPS) is 13.0. The van der Waals surface area contributed by atoms with Gasteiger partial charge in [-0.3, -0.25) is 4.90 Å². The quantitative estimate of drug-likeness (QED) is 0.132. The number of aliphatic hydroxyl groups is 1. The minimum atomic E-state index is -4.62. The Hall–Kier alpha value is -1.16. The standard InChI is InChI=1S/C9H19FN2O5S.C3H8FN.C2H2F4/c1-12(2,5-3-4-11-9(10)14)6-8(13)7-18(15,16)17;1-5(2)3-4;3-1-2(4,5)6/h8,13H,3-7H2,1-2H3,(H-,11,14,15,16,17);3H2,1-2H3;1H2. The zero-order valence-electron chi connectivity index (χ0n) is 16.7. The van der Waals surface area contributed by atoms with E-state index in [1.54, 1.807) is 28.2 Å². The van der Waals surface area contributed by atoms with Crippen LogP contribution in [0.25, 0.3) is 0 Å². The van der Waals surface area contributed by atoms with Gasteiger partial charge in [0.05, 0.1) is 36.5 Å². The van der Waals surface area contributed by atoms with E-state index in [-0.39, 0.29) is 24.4 Å². The number of nitrogens with zero attached hydrogens (tertiary/aromatic N) is 2. The van der Waals surface area contributed by atoms with Crippen LogP contribution in [0.15, 0.2) is 0 Å². The summed E-state index contributed by atoms with van der Waals surface area (Å²) in [5.74, 6) is -0.824. The molecule has 0 aliphatic carbocycles. The Morgan fingerprint density at radius 2 is 1.66 bits per heavy atom. The van der Waals surface area contributed by atoms with Crippen LogP contribution in [0.1, 0.15) is 6.42 Å². The lowest BCUT2D eigenvalue weighted by Crippen LogP contribution is -2.48. The third-order valence-corrected chi connectivity index (χ3v) is 3.49. The van der Waals surface area contributed by atoms with E-state index >= 15 is 0 Å². The van der Waals surface area contributed by atoms with Crippen molar-refractivity contribution in [3.63, 3.8) is 0 Å². The number of carbonyl (C=O) groups is 1. The van der Waals surface area contributed by atoms with Gasteiger partial charge in [-0.15, -0.1) is 4.39 Å². The summed E-state index contributed by atoms with van der Waals surface area (Å²) in [6.45, 7) is -1.85. The minimum Gasteiger partial charge on any atom is -0.748 e. The molecule has 0 aliphatic rings. The molecule has 0 spiro atoms. The Labute approximate surface area is 166 Å². The van der Waals surface area contributed by atoms with E-state index in [4.69, 9.17) is 0 Å². The topological polar surface area (TPSA) is 110 Å². The molecule has 0 saturated carbocycles. The van der Waals surface area contributed by atoms with Crippen LogP contribution in [-0.2, 0) is 10.1 Å². The highest BCUT2D eigenvalue weighted by Crippen LogP contribution is 2.13. The summed E-state index contributed by atoms with van der Waals surface area (Å²) in [6, 6.07) is 0. The van der Waals surface area contributed by atoms with E-state index in [1.807, 2.05) is 5.32 Å². The van der Waals surface area contributed by atoms with Gasteiger partial charge in [-0.1, -0.05) is 0 Å². The number of nitrogens with one attached hydrogen (secondary N) is 1. The first kappa shape index (κ1) is 32.5. The van der Waals surface area contributed by atoms with E-state index < -0.39 is 41.0 Å². The van der Waals surface area contributed by atoms with Crippen molar-refractivity contribution >= 4 is 16.3 Å². The first-order valence-corrected chi connectivity index (χ1v) is 9.63. The van der Waals surface area contributed by atoms with Crippen LogP contribution in [0, 0.1) is 0 Å². The van der Waals surface area contributed by atoms with Gasteiger partial charge in [0.25, 0.3) is 0 Å². The second-order valence-electron chi connectivity index (χ2n) is 6.72. The highest BCUT2D eigenvalue weighted by Gasteiger charge is 2.26. The summed E-state index contributed by atoms with van der Waals surface area (Å²) in [6.07, 6.45) is -6.99. The zero-order chi connectivity index (χ0) is 23.9. The predicted octanol–water partition coefficient (Wildman–Crippen LogP) is 1.03. The van der Waals surface area contributed by atoms with Crippen molar-refractivity contribution in [1.82, 2.24) is 10.2 Å². The van der Waals surface area contributed by atoms with Gasteiger partial charge in [-0.25, -0.2) is 22.0 Å². The van der Waals surface area contributed by atoms with E-state index in [0.717, 1.165) is 0 Å². The highest BCUT2D eigenvalue weighted by atomic mass is 32.2. The third kappa shape index (κ3) is 34.7. The summed E-state index contributed by atoms with van der Waals surface area (Å²) in [7, 11) is 2.38. The molecule has 0 radical (unpaired) electrons. The average Bonchev–Trinajstić information content (AvgIpc) is 2.49. The number of aliphatic hydroxyl groups excluding tert-OH is 1. The zero-order valence-corrected chi connectivity index (χ0v) is 17.5. The maximum absolute atomic E-state index is 11.8. The van der Waals surface area contributed by atoms with Gasteiger partial charge < -0.3 is 19.5 Å². The van der Waals surface area contributed by atoms with Gasteiger partial charge in [-0.2, -0.15) is 13.2 Å². The Morgan fingerprint density at radius 3 is 1.93 bits per heavy atom. The first-order chi connectivity index (χ1) is 12.8. The minimum absolute atomic E-state index is 0.0883. The Morgan fingerprint density at radius 1 is 1.24 bits per heavy atom. The number of hydrogen-bond acceptors (Lipinski definition) is 6. The van der Waals surface area contributed by atoms with Crippen LogP contribution < -0.4 is 5.32 Å². The lowest BCUT2D eigenvalue weighted by molar-refractivity contribution is -0.893. The van der Waals surface area contributed by atoms with Gasteiger partial charge >= 0.3 is 12.3 Å². The fourth-order valence-electron chi connectivity index (χ4n) is 1.64. The van der Waals surface area contributed by atoms with Crippen molar-refractivity contribution in [1.29, 1.82) is 0 Å². The SMILES string of the molecule is CN(C)CF.C[N+](C)(CCCNC(=O)F)CC(O)CS(=O)(=O)[O-].FCC(F)(F)F. The Kier molecular flexibility index (Phi) is 17.5. The van der Waals surface area contributed by atoms with Gasteiger partial charge in [0.2, 0.25) is 0 Å². The number of likely N-dealkylation sites (N-methyl/N-ethyl adjacent to an activating group) is 1. The Balaban J connectivity index is -0.000000502. The van der Waals surface area contributed by atoms with Crippen molar-refractivity contribution < 1.29 is 53.7 Å². The number of quaternary nitrogens is 1. The number of alkyl halides is 5. The fraction of sp³-hybridized carbons (Fsp3) is 0.929. The predicted molar refractivity (Wildman–Crippen MR) is 93.2 cm³/mol. The molecular formula is C14H29F6N3O5S. The van der Waals surface area contributed by atoms with Crippen molar-refractivity contribution in [3.8, 4) is 0 Å². The summed E-state index contributed by atoms with van der Waals surface area (Å²) >= 11 is 0. The van der Waals surface area contributed by atoms with Crippen LogP contribution in [0.4, 0.5) is 31.1 Å². The van der Waals surface area contributed by atoms with Gasteiger partial charge in [0.1, 0.15) is 19.4 Å². The number of hydrogen-bond donors (Lipinski definition) is 2. The first-order valence-electron chi connectivity index (χ1n) is 8.05. The summed E-state index contributed by atoms with van der Waals surface area (Å²) in [5, 5.41) is 11.4. The summed E-state index contributed by atoms with van der Waals surface area (Å²) in [4.78, 5) is 11.4. The number of rotatable bonds is 9. The molecule has 0 rings (SSSR count). The molecule has 0 aromatic rings. The molecule has 1 amide bonds. The average molecular weight is 465 g/mol. The third-order valence-electron chi connectivity index (χ3n) is 2.70. The molecule has 8 nitrogen and oxygen atoms in total. The molecule has 2 N–H and O–H groups in total. The molecule has 0 bridgehead atoms. The molecule has 178 valence electrons. The van der Waals surface area contributed by atoms with Gasteiger partial charge in [0.15, 0.2) is 6.67 Å². The van der Waals surface area contributed by atoms with Gasteiger partial charge in [0, 0.05) is 13.0 Å². The molecule has 1 unspecified atom stereocenters. The second-order valence-corrected chi connectivity index (χ2v) is 8.17. The highest BCUT2D eigenvalue weighted by molar-refractivity contribution is 7.85. The molecule has 29 heavy (non-hydrogen) atoms. The smallest absolute Gasteiger partial charge is 0.416 e. The molecular weight excluding hydrogens is 436 g/mol. The van der Waals surface area contributed by atoms with Crippen molar-refractivity contribution in [3.05, 3.63) is 0 Å². The molecule has 15 heteroatoms. The van der Waals surface area contributed by atoms with E-state index in [2.05, 4.69) is 0 Å². The van der Waals surface area contributed by atoms with Gasteiger partial charge in [-0.05, 0) is 14.1 Å². The van der Waals surface area contributed by atoms with Crippen LogP contribution in [-0.4, -0.2) is 113 Å². The lowest BCUT2D eigenvalue weighted by Gasteiger charge is -2.32. The van der Waals surface area contributed by atoms with Crippen LogP contribution >= 0.6 is 0 Å².